The summed E-state index contributed by atoms with van der Waals surface area (Å²) in [5.41, 5.74) is 1.39. The Morgan fingerprint density at radius 3 is 3.05 bits per heavy atom. The summed E-state index contributed by atoms with van der Waals surface area (Å²) in [6, 6.07) is 1.96. The molecule has 0 saturated heterocycles. The van der Waals surface area contributed by atoms with Crippen LogP contribution in [0.15, 0.2) is 22.2 Å². The molecule has 0 bridgehead atoms. The summed E-state index contributed by atoms with van der Waals surface area (Å²) in [6.07, 6.45) is 1.91. The zero-order valence-corrected chi connectivity index (χ0v) is 12.7. The maximum absolute atomic E-state index is 12.2. The zero-order chi connectivity index (χ0) is 15.2. The summed E-state index contributed by atoms with van der Waals surface area (Å²) in [5.74, 6) is 6.26. The number of aromatic nitrogens is 1. The number of hydrogen-bond acceptors (Lipinski definition) is 5. The van der Waals surface area contributed by atoms with Gasteiger partial charge in [-0.1, -0.05) is 17.0 Å². The number of aliphatic hydroxyl groups excluding tert-OH is 1. The number of carbonyl (C=O) groups excluding carboxylic acids is 1. The van der Waals surface area contributed by atoms with E-state index in [9.17, 15) is 4.79 Å². The first-order valence-electron chi connectivity index (χ1n) is 6.45. The Kier molecular flexibility index (Phi) is 5.14. The van der Waals surface area contributed by atoms with Crippen molar-refractivity contribution in [2.75, 3.05) is 13.7 Å². The van der Waals surface area contributed by atoms with Gasteiger partial charge < -0.3 is 14.5 Å². The van der Waals surface area contributed by atoms with Gasteiger partial charge in [-0.15, -0.1) is 11.3 Å². The number of carbonyl (C=O) groups is 1. The molecule has 0 fully saturated rings. The lowest BCUT2D eigenvalue weighted by atomic mass is 10.2. The summed E-state index contributed by atoms with van der Waals surface area (Å²) >= 11 is 1.56. The Balaban J connectivity index is 2.00. The summed E-state index contributed by atoms with van der Waals surface area (Å²) < 4.78 is 4.91. The van der Waals surface area contributed by atoms with E-state index < -0.39 is 0 Å². The smallest absolute Gasteiger partial charge is 0.259 e. The molecule has 0 saturated carbocycles. The summed E-state index contributed by atoms with van der Waals surface area (Å²) in [4.78, 5) is 14.9. The van der Waals surface area contributed by atoms with Gasteiger partial charge in [-0.2, -0.15) is 0 Å². The predicted octanol–water partition coefficient (Wildman–Crippen LogP) is 2.05. The third kappa shape index (κ3) is 3.94. The zero-order valence-electron chi connectivity index (χ0n) is 11.9. The van der Waals surface area contributed by atoms with E-state index in [4.69, 9.17) is 9.63 Å². The van der Waals surface area contributed by atoms with E-state index >= 15 is 0 Å². The molecule has 0 unspecified atom stereocenters. The van der Waals surface area contributed by atoms with Crippen molar-refractivity contribution in [1.82, 2.24) is 10.1 Å². The van der Waals surface area contributed by atoms with Gasteiger partial charge in [-0.3, -0.25) is 4.79 Å². The molecule has 5 nitrogen and oxygen atoms in total. The fourth-order valence-corrected chi connectivity index (χ4v) is 2.63. The van der Waals surface area contributed by atoms with Crippen LogP contribution in [0.1, 0.15) is 33.0 Å². The number of rotatable bonds is 4. The molecule has 2 heterocycles. The molecule has 0 aromatic carbocycles. The van der Waals surface area contributed by atoms with Gasteiger partial charge in [0.2, 0.25) is 0 Å². The molecule has 110 valence electrons. The van der Waals surface area contributed by atoms with Crippen molar-refractivity contribution < 1.29 is 14.4 Å². The SMILES string of the molecule is Cc1oncc1C(=O)N(C)Cc1cc(C#CCCO)cs1. The van der Waals surface area contributed by atoms with Crippen molar-refractivity contribution in [3.63, 3.8) is 0 Å². The Hall–Kier alpha value is -2.10. The predicted molar refractivity (Wildman–Crippen MR) is 79.9 cm³/mol. The van der Waals surface area contributed by atoms with Crippen LogP contribution in [-0.2, 0) is 6.54 Å². The minimum Gasteiger partial charge on any atom is -0.395 e. The fourth-order valence-electron chi connectivity index (χ4n) is 1.76. The van der Waals surface area contributed by atoms with E-state index in [2.05, 4.69) is 17.0 Å². The summed E-state index contributed by atoms with van der Waals surface area (Å²) in [5, 5.41) is 14.3. The van der Waals surface area contributed by atoms with Gasteiger partial charge >= 0.3 is 0 Å². The third-order valence-corrected chi connectivity index (χ3v) is 3.77. The van der Waals surface area contributed by atoms with Crippen molar-refractivity contribution in [2.45, 2.75) is 19.9 Å². The van der Waals surface area contributed by atoms with Crippen LogP contribution in [0.25, 0.3) is 0 Å². The largest absolute Gasteiger partial charge is 0.395 e. The number of nitrogens with zero attached hydrogens (tertiary/aromatic N) is 2. The van der Waals surface area contributed by atoms with Crippen LogP contribution in [-0.4, -0.2) is 34.7 Å². The Morgan fingerprint density at radius 1 is 1.57 bits per heavy atom. The van der Waals surface area contributed by atoms with Crippen molar-refractivity contribution in [3.8, 4) is 11.8 Å². The van der Waals surface area contributed by atoms with Crippen LogP contribution >= 0.6 is 11.3 Å². The highest BCUT2D eigenvalue weighted by molar-refractivity contribution is 7.10. The van der Waals surface area contributed by atoms with Crippen molar-refractivity contribution >= 4 is 17.2 Å². The average molecular weight is 304 g/mol. The highest BCUT2D eigenvalue weighted by Gasteiger charge is 2.17. The molecule has 0 atom stereocenters. The molecule has 0 radical (unpaired) electrons. The van der Waals surface area contributed by atoms with Gasteiger partial charge in [0.15, 0.2) is 0 Å². The number of aryl methyl sites for hydroxylation is 1. The number of thiophene rings is 1. The van der Waals surface area contributed by atoms with Crippen LogP contribution in [0.4, 0.5) is 0 Å². The molecule has 0 aliphatic carbocycles. The molecule has 0 spiro atoms. The molecule has 2 aromatic rings. The second-order valence-electron chi connectivity index (χ2n) is 4.53. The topological polar surface area (TPSA) is 66.6 Å². The van der Waals surface area contributed by atoms with E-state index in [1.165, 1.54) is 6.20 Å². The molecule has 0 aliphatic heterocycles. The van der Waals surface area contributed by atoms with Crippen LogP contribution in [0.2, 0.25) is 0 Å². The van der Waals surface area contributed by atoms with E-state index in [0.717, 1.165) is 10.4 Å². The second-order valence-corrected chi connectivity index (χ2v) is 5.53. The quantitative estimate of drug-likeness (QED) is 0.878. The molecular formula is C15H16N2O3S. The third-order valence-electron chi connectivity index (χ3n) is 2.84. The molecule has 2 aromatic heterocycles. The maximum Gasteiger partial charge on any atom is 0.259 e. The average Bonchev–Trinajstić information content (AvgIpc) is 3.07. The molecule has 0 aliphatic rings. The lowest BCUT2D eigenvalue weighted by Crippen LogP contribution is -2.25. The van der Waals surface area contributed by atoms with E-state index in [0.29, 0.717) is 24.3 Å². The second kappa shape index (κ2) is 7.07. The highest BCUT2D eigenvalue weighted by atomic mass is 32.1. The number of amides is 1. The molecule has 21 heavy (non-hydrogen) atoms. The first-order valence-corrected chi connectivity index (χ1v) is 7.33. The lowest BCUT2D eigenvalue weighted by Gasteiger charge is -2.15. The van der Waals surface area contributed by atoms with Gasteiger partial charge in [-0.25, -0.2) is 0 Å². The normalized spacial score (nSPS) is 10.0. The van der Waals surface area contributed by atoms with Crippen molar-refractivity contribution in [1.29, 1.82) is 0 Å². The van der Waals surface area contributed by atoms with E-state index in [-0.39, 0.29) is 12.5 Å². The van der Waals surface area contributed by atoms with Crippen LogP contribution < -0.4 is 0 Å². The van der Waals surface area contributed by atoms with E-state index in [1.807, 2.05) is 11.4 Å². The van der Waals surface area contributed by atoms with Gasteiger partial charge in [0.25, 0.3) is 5.91 Å². The Morgan fingerprint density at radius 2 is 2.38 bits per heavy atom. The molecule has 6 heteroatoms. The van der Waals surface area contributed by atoms with Crippen LogP contribution in [0, 0.1) is 18.8 Å². The lowest BCUT2D eigenvalue weighted by molar-refractivity contribution is 0.0784. The first kappa shape index (κ1) is 15.3. The first-order chi connectivity index (χ1) is 10.1. The standard InChI is InChI=1S/C15H16N2O3S/c1-11-14(8-16-20-11)15(19)17(2)9-13-7-12(10-21-13)5-3-4-6-18/h7-8,10,18H,4,6,9H2,1-2H3. The highest BCUT2D eigenvalue weighted by Crippen LogP contribution is 2.17. The Bertz CT molecular complexity index is 678. The van der Waals surface area contributed by atoms with Gasteiger partial charge in [0.05, 0.1) is 19.3 Å². The minimum atomic E-state index is -0.116. The van der Waals surface area contributed by atoms with E-state index in [1.54, 1.807) is 30.2 Å². The van der Waals surface area contributed by atoms with Crippen LogP contribution in [0.5, 0.6) is 0 Å². The fraction of sp³-hybridized carbons (Fsp3) is 0.333. The van der Waals surface area contributed by atoms with Gasteiger partial charge in [0.1, 0.15) is 11.3 Å². The van der Waals surface area contributed by atoms with Crippen molar-refractivity contribution in [2.24, 2.45) is 0 Å². The molecule has 1 amide bonds. The summed E-state index contributed by atoms with van der Waals surface area (Å²) in [6.45, 7) is 2.29. The summed E-state index contributed by atoms with van der Waals surface area (Å²) in [7, 11) is 1.74. The Labute approximate surface area is 127 Å². The molecule has 1 N–H and O–H groups in total. The van der Waals surface area contributed by atoms with Crippen molar-refractivity contribution in [3.05, 3.63) is 39.4 Å². The van der Waals surface area contributed by atoms with Crippen LogP contribution in [0.3, 0.4) is 0 Å². The van der Waals surface area contributed by atoms with Gasteiger partial charge in [0, 0.05) is 29.3 Å². The van der Waals surface area contributed by atoms with Gasteiger partial charge in [-0.05, 0) is 13.0 Å². The minimum absolute atomic E-state index is 0.0688. The molecular weight excluding hydrogens is 288 g/mol. The maximum atomic E-state index is 12.2. The monoisotopic (exact) mass is 304 g/mol. The molecule has 2 rings (SSSR count). The number of aliphatic hydroxyl groups is 1. The number of hydrogen-bond donors (Lipinski definition) is 1.